The quantitative estimate of drug-likeness (QED) is 0.588. The van der Waals surface area contributed by atoms with Crippen molar-refractivity contribution in [3.63, 3.8) is 0 Å². The molecule has 0 aromatic heterocycles. The van der Waals surface area contributed by atoms with E-state index in [4.69, 9.17) is 33.1 Å². The van der Waals surface area contributed by atoms with E-state index in [0.717, 1.165) is 0 Å². The Bertz CT molecular complexity index is 178. The van der Waals surface area contributed by atoms with E-state index in [1.54, 1.807) is 0 Å². The van der Waals surface area contributed by atoms with Crippen LogP contribution in [0.4, 0.5) is 0 Å². The molecular formula is C4H10NO2PS3. The summed E-state index contributed by atoms with van der Waals surface area (Å²) in [5.41, 5.74) is 0. The third-order valence-corrected chi connectivity index (χ3v) is 4.90. The minimum absolute atomic E-state index is 0.594. The zero-order chi connectivity index (χ0) is 8.91. The number of thiocarbonyl (C=S) groups is 1. The van der Waals surface area contributed by atoms with Gasteiger partial charge in [-0.1, -0.05) is 12.2 Å². The Morgan fingerprint density at radius 2 is 1.91 bits per heavy atom. The molecule has 3 nitrogen and oxygen atoms in total. The lowest BCUT2D eigenvalue weighted by molar-refractivity contribution is 0.333. The Kier molecular flexibility index (Phi) is 5.86. The predicted molar refractivity (Wildman–Crippen MR) is 57.6 cm³/mol. The van der Waals surface area contributed by atoms with Gasteiger partial charge in [0, 0.05) is 14.2 Å². The molecule has 0 aromatic carbocycles. The maximum atomic E-state index is 5.00. The first kappa shape index (κ1) is 11.8. The molecule has 0 saturated heterocycles. The van der Waals surface area contributed by atoms with Crippen molar-refractivity contribution in [3.8, 4) is 0 Å². The van der Waals surface area contributed by atoms with E-state index in [2.05, 4.69) is 5.09 Å². The summed E-state index contributed by atoms with van der Waals surface area (Å²) in [7, 11) is 3.00. The molecule has 0 bridgehead atoms. The van der Waals surface area contributed by atoms with Crippen LogP contribution in [0.2, 0.25) is 0 Å². The fraction of sp³-hybridized carbons (Fsp3) is 0.750. The van der Waals surface area contributed by atoms with Crippen LogP contribution < -0.4 is 5.09 Å². The molecule has 0 spiro atoms. The molecule has 1 N–H and O–H groups in total. The van der Waals surface area contributed by atoms with Crippen LogP contribution in [0.25, 0.3) is 0 Å². The molecule has 0 aliphatic rings. The van der Waals surface area contributed by atoms with Gasteiger partial charge in [-0.2, -0.15) is 0 Å². The molecule has 0 fully saturated rings. The largest absolute Gasteiger partial charge is 0.317 e. The molecule has 0 amide bonds. The number of thioether (sulfide) groups is 1. The van der Waals surface area contributed by atoms with Gasteiger partial charge in [-0.15, -0.1) is 11.8 Å². The van der Waals surface area contributed by atoms with Gasteiger partial charge < -0.3 is 14.1 Å². The minimum atomic E-state index is -2.33. The van der Waals surface area contributed by atoms with E-state index in [1.807, 2.05) is 6.26 Å². The van der Waals surface area contributed by atoms with Gasteiger partial charge in [0.05, 0.1) is 0 Å². The lowest BCUT2D eigenvalue weighted by Gasteiger charge is -2.18. The Morgan fingerprint density at radius 3 is 2.18 bits per heavy atom. The Balaban J connectivity index is 4.09. The number of nitrogens with one attached hydrogen (secondary N) is 1. The van der Waals surface area contributed by atoms with Gasteiger partial charge in [0.15, 0.2) is 0 Å². The van der Waals surface area contributed by atoms with Crippen LogP contribution in [-0.4, -0.2) is 24.8 Å². The lowest BCUT2D eigenvalue weighted by atomic mass is 11.5. The first-order valence-corrected chi connectivity index (χ1v) is 6.93. The summed E-state index contributed by atoms with van der Waals surface area (Å²) in [6.45, 7) is -2.33. The van der Waals surface area contributed by atoms with Crippen LogP contribution in [0.3, 0.4) is 0 Å². The molecule has 0 aromatic rings. The molecule has 0 aliphatic carbocycles. The van der Waals surface area contributed by atoms with Crippen molar-refractivity contribution in [1.29, 1.82) is 0 Å². The van der Waals surface area contributed by atoms with Gasteiger partial charge in [-0.25, -0.2) is 0 Å². The molecular weight excluding hydrogens is 221 g/mol. The lowest BCUT2D eigenvalue weighted by Crippen LogP contribution is -2.16. The molecule has 0 unspecified atom stereocenters. The van der Waals surface area contributed by atoms with Crippen LogP contribution >= 0.6 is 30.6 Å². The summed E-state index contributed by atoms with van der Waals surface area (Å²) in [6.07, 6.45) is 1.86. The maximum Gasteiger partial charge on any atom is 0.287 e. The number of hydrogen-bond donors (Lipinski definition) is 1. The van der Waals surface area contributed by atoms with E-state index in [0.29, 0.717) is 4.32 Å². The normalized spacial score (nSPS) is 11.2. The fourth-order valence-electron chi connectivity index (χ4n) is 0.323. The van der Waals surface area contributed by atoms with Crippen LogP contribution in [0.15, 0.2) is 0 Å². The predicted octanol–water partition coefficient (Wildman–Crippen LogP) is 1.74. The Labute approximate surface area is 81.4 Å². The zero-order valence-corrected chi connectivity index (χ0v) is 9.83. The molecule has 66 valence electrons. The molecule has 0 heterocycles. The Morgan fingerprint density at radius 1 is 1.45 bits per heavy atom. The standard InChI is InChI=1S/C4H10NO2PS3/c1-6-8(10,7-2)5-4(9)11-3/h1-3H3,(H,5,9,10). The highest BCUT2D eigenvalue weighted by atomic mass is 32.5. The van der Waals surface area contributed by atoms with Crippen molar-refractivity contribution in [2.75, 3.05) is 20.5 Å². The van der Waals surface area contributed by atoms with E-state index in [-0.39, 0.29) is 0 Å². The van der Waals surface area contributed by atoms with Crippen molar-refractivity contribution in [2.45, 2.75) is 0 Å². The SMILES string of the molecule is COP(=S)(NC(=S)SC)OC. The molecule has 0 radical (unpaired) electrons. The summed E-state index contributed by atoms with van der Waals surface area (Å²) in [4.78, 5) is 0. The van der Waals surface area contributed by atoms with E-state index < -0.39 is 6.64 Å². The zero-order valence-electron chi connectivity index (χ0n) is 6.49. The Hall–Kier alpha value is 0.810. The summed E-state index contributed by atoms with van der Waals surface area (Å²) in [5, 5.41) is 2.82. The minimum Gasteiger partial charge on any atom is -0.317 e. The number of rotatable bonds is 3. The van der Waals surface area contributed by atoms with Crippen molar-refractivity contribution >= 4 is 46.7 Å². The van der Waals surface area contributed by atoms with E-state index in [1.165, 1.54) is 26.0 Å². The van der Waals surface area contributed by atoms with Crippen molar-refractivity contribution in [2.24, 2.45) is 0 Å². The van der Waals surface area contributed by atoms with Crippen LogP contribution in [0.1, 0.15) is 0 Å². The summed E-state index contributed by atoms with van der Waals surface area (Å²) in [6, 6.07) is 0. The molecule has 0 rings (SSSR count). The summed E-state index contributed by atoms with van der Waals surface area (Å²) in [5.74, 6) is 0. The second-order valence-corrected chi connectivity index (χ2v) is 6.34. The second-order valence-electron chi connectivity index (χ2n) is 1.47. The number of hydrogen-bond acceptors (Lipinski definition) is 5. The summed E-state index contributed by atoms with van der Waals surface area (Å²) < 4.78 is 10.5. The molecule has 0 saturated carbocycles. The highest BCUT2D eigenvalue weighted by Crippen LogP contribution is 2.42. The van der Waals surface area contributed by atoms with Gasteiger partial charge in [-0.05, 0) is 18.1 Å². The highest BCUT2D eigenvalue weighted by Gasteiger charge is 2.15. The molecule has 11 heavy (non-hydrogen) atoms. The van der Waals surface area contributed by atoms with Crippen LogP contribution in [-0.2, 0) is 20.9 Å². The van der Waals surface area contributed by atoms with Crippen LogP contribution in [0.5, 0.6) is 0 Å². The summed E-state index contributed by atoms with van der Waals surface area (Å²) >= 11 is 11.3. The van der Waals surface area contributed by atoms with Crippen LogP contribution in [0, 0.1) is 0 Å². The topological polar surface area (TPSA) is 30.5 Å². The van der Waals surface area contributed by atoms with Gasteiger partial charge in [0.1, 0.15) is 4.32 Å². The third kappa shape index (κ3) is 4.40. The maximum absolute atomic E-state index is 5.00. The first-order valence-electron chi connectivity index (χ1n) is 2.65. The fourth-order valence-corrected chi connectivity index (χ4v) is 2.59. The van der Waals surface area contributed by atoms with Gasteiger partial charge in [0.2, 0.25) is 0 Å². The second kappa shape index (κ2) is 5.45. The molecule has 7 heteroatoms. The smallest absolute Gasteiger partial charge is 0.287 e. The highest BCUT2D eigenvalue weighted by molar-refractivity contribution is 8.23. The average Bonchev–Trinajstić information content (AvgIpc) is 2.04. The monoisotopic (exact) mass is 231 g/mol. The van der Waals surface area contributed by atoms with Gasteiger partial charge in [0.25, 0.3) is 6.64 Å². The van der Waals surface area contributed by atoms with Crippen molar-refractivity contribution in [1.82, 2.24) is 5.09 Å². The average molecular weight is 231 g/mol. The van der Waals surface area contributed by atoms with Crippen molar-refractivity contribution < 1.29 is 9.05 Å². The first-order chi connectivity index (χ1) is 5.08. The molecule has 0 aliphatic heterocycles. The van der Waals surface area contributed by atoms with Gasteiger partial charge in [-0.3, -0.25) is 0 Å². The molecule has 0 atom stereocenters. The van der Waals surface area contributed by atoms with Gasteiger partial charge >= 0.3 is 0 Å². The van der Waals surface area contributed by atoms with E-state index in [9.17, 15) is 0 Å². The van der Waals surface area contributed by atoms with Crippen molar-refractivity contribution in [3.05, 3.63) is 0 Å². The third-order valence-electron chi connectivity index (χ3n) is 0.894. The van der Waals surface area contributed by atoms with E-state index >= 15 is 0 Å².